The maximum absolute atomic E-state index is 14.3. The van der Waals surface area contributed by atoms with Gasteiger partial charge in [-0.1, -0.05) is 0 Å². The molecule has 1 aliphatic rings. The first kappa shape index (κ1) is 21.0. The smallest absolute Gasteiger partial charge is 0.410 e. The predicted octanol–water partition coefficient (Wildman–Crippen LogP) is 2.44. The number of amidine groups is 1. The number of nitrogens with one attached hydrogen (secondary N) is 2. The molecule has 0 bridgehead atoms. The van der Waals surface area contributed by atoms with Gasteiger partial charge in [0, 0.05) is 19.0 Å². The van der Waals surface area contributed by atoms with Gasteiger partial charge >= 0.3 is 6.09 Å². The van der Waals surface area contributed by atoms with Crippen molar-refractivity contribution in [2.45, 2.75) is 38.9 Å². The lowest BCUT2D eigenvalue weighted by atomic mass is 10.2. The van der Waals surface area contributed by atoms with Gasteiger partial charge in [-0.05, 0) is 32.9 Å². The molecule has 4 N–H and O–H groups in total. The van der Waals surface area contributed by atoms with Gasteiger partial charge in [0.15, 0.2) is 17.4 Å². The van der Waals surface area contributed by atoms with Crippen LogP contribution in [-0.2, 0) is 4.74 Å². The Morgan fingerprint density at radius 3 is 2.79 bits per heavy atom. The quantitative estimate of drug-likeness (QED) is 0.401. The van der Waals surface area contributed by atoms with Gasteiger partial charge in [0.1, 0.15) is 17.8 Å². The number of nitriles is 1. The van der Waals surface area contributed by atoms with E-state index < -0.39 is 23.3 Å². The Morgan fingerprint density at radius 2 is 2.21 bits per heavy atom. The van der Waals surface area contributed by atoms with Crippen molar-refractivity contribution in [2.75, 3.05) is 18.5 Å². The number of hydrogen-bond donors (Lipinski definition) is 3. The summed E-state index contributed by atoms with van der Waals surface area (Å²) in [6.45, 7) is 6.15. The second kappa shape index (κ2) is 8.56. The van der Waals surface area contributed by atoms with Crippen molar-refractivity contribution in [1.82, 2.24) is 4.90 Å². The number of anilines is 1. The van der Waals surface area contributed by atoms with E-state index in [4.69, 9.17) is 25.9 Å². The maximum atomic E-state index is 14.3. The topological polar surface area (TPSA) is 137 Å². The van der Waals surface area contributed by atoms with Gasteiger partial charge < -0.3 is 20.1 Å². The van der Waals surface area contributed by atoms with Crippen LogP contribution < -0.4 is 15.9 Å². The molecule has 0 spiro atoms. The van der Waals surface area contributed by atoms with Crippen LogP contribution in [0.1, 0.15) is 27.2 Å². The second-order valence-corrected chi connectivity index (χ2v) is 7.20. The van der Waals surface area contributed by atoms with Crippen LogP contribution in [0.4, 0.5) is 14.9 Å². The predicted molar refractivity (Wildman–Crippen MR) is 102 cm³/mol. The number of benzene rings is 1. The third-order valence-corrected chi connectivity index (χ3v) is 3.68. The van der Waals surface area contributed by atoms with Crippen molar-refractivity contribution in [3.05, 3.63) is 24.0 Å². The maximum Gasteiger partial charge on any atom is 0.410 e. The summed E-state index contributed by atoms with van der Waals surface area (Å²) < 4.78 is 25.3. The average Bonchev–Trinajstić information content (AvgIpc) is 3.05. The first-order valence-electron chi connectivity index (χ1n) is 8.61. The van der Waals surface area contributed by atoms with E-state index in [1.807, 2.05) is 0 Å². The van der Waals surface area contributed by atoms with Gasteiger partial charge in [-0.3, -0.25) is 10.8 Å². The van der Waals surface area contributed by atoms with Gasteiger partial charge in [-0.2, -0.15) is 10.4 Å². The molecule has 9 nitrogen and oxygen atoms in total. The Morgan fingerprint density at radius 1 is 1.50 bits per heavy atom. The molecule has 1 aliphatic heterocycles. The van der Waals surface area contributed by atoms with E-state index in [2.05, 4.69) is 10.5 Å². The number of carbonyl (C=O) groups is 1. The lowest BCUT2D eigenvalue weighted by Crippen LogP contribution is -2.36. The fourth-order valence-electron chi connectivity index (χ4n) is 2.43. The minimum absolute atomic E-state index is 0.0395. The SMILES string of the molecule is CC(C)(C)OC(=O)N1CCC(Oc2ccc(N/N=C(\C#N)C(=N)N)cc2F)C1. The summed E-state index contributed by atoms with van der Waals surface area (Å²) in [6, 6.07) is 5.73. The summed E-state index contributed by atoms with van der Waals surface area (Å²) in [5.74, 6) is -1.08. The highest BCUT2D eigenvalue weighted by Gasteiger charge is 2.31. The molecule has 1 unspecified atom stereocenters. The molecule has 28 heavy (non-hydrogen) atoms. The fourth-order valence-corrected chi connectivity index (χ4v) is 2.43. The van der Waals surface area contributed by atoms with E-state index in [1.165, 1.54) is 17.0 Å². The number of hydrogen-bond acceptors (Lipinski definition) is 7. The molecule has 10 heteroatoms. The monoisotopic (exact) mass is 390 g/mol. The van der Waals surface area contributed by atoms with E-state index in [0.717, 1.165) is 6.07 Å². The van der Waals surface area contributed by atoms with Crippen LogP contribution in [0.5, 0.6) is 5.75 Å². The Bertz CT molecular complexity index is 828. The van der Waals surface area contributed by atoms with E-state index in [9.17, 15) is 9.18 Å². The third kappa shape index (κ3) is 5.84. The van der Waals surface area contributed by atoms with Crippen LogP contribution in [0.25, 0.3) is 0 Å². The number of carbonyl (C=O) groups excluding carboxylic acids is 1. The van der Waals surface area contributed by atoms with E-state index in [0.29, 0.717) is 19.5 Å². The van der Waals surface area contributed by atoms with Crippen LogP contribution in [0.2, 0.25) is 0 Å². The zero-order valence-electron chi connectivity index (χ0n) is 16.0. The minimum atomic E-state index is -0.628. The first-order valence-corrected chi connectivity index (χ1v) is 8.61. The standard InChI is InChI=1S/C18H23FN6O3/c1-18(2,3)28-17(26)25-7-6-12(10-25)27-15-5-4-11(8-13(15)19)23-24-14(9-20)16(21)22/h4-5,8,12,23H,6-7,10H2,1-3H3,(H3,21,22)/b24-14+. The van der Waals surface area contributed by atoms with E-state index in [1.54, 1.807) is 26.8 Å². The lowest BCUT2D eigenvalue weighted by Gasteiger charge is -2.24. The number of rotatable bonds is 5. The number of nitrogens with zero attached hydrogens (tertiary/aromatic N) is 3. The van der Waals surface area contributed by atoms with Crippen LogP contribution in [-0.4, -0.2) is 47.3 Å². The zero-order chi connectivity index (χ0) is 20.9. The highest BCUT2D eigenvalue weighted by atomic mass is 19.1. The molecule has 1 heterocycles. The van der Waals surface area contributed by atoms with Crippen LogP contribution in [0, 0.1) is 22.6 Å². The Labute approximate surface area is 162 Å². The number of hydrazone groups is 1. The number of amides is 1. The number of halogens is 1. The van der Waals surface area contributed by atoms with Crippen LogP contribution in [0.3, 0.4) is 0 Å². The van der Waals surface area contributed by atoms with Crippen LogP contribution >= 0.6 is 0 Å². The molecule has 0 aliphatic carbocycles. The summed E-state index contributed by atoms with van der Waals surface area (Å²) in [5.41, 5.74) is 7.02. The van der Waals surface area contributed by atoms with Gasteiger partial charge in [-0.15, -0.1) is 0 Å². The fraction of sp³-hybridized carbons (Fsp3) is 0.444. The highest BCUT2D eigenvalue weighted by molar-refractivity contribution is 6.45. The van der Waals surface area contributed by atoms with Gasteiger partial charge in [0.25, 0.3) is 0 Å². The first-order chi connectivity index (χ1) is 13.1. The zero-order valence-corrected chi connectivity index (χ0v) is 16.0. The molecule has 0 saturated carbocycles. The van der Waals surface area contributed by atoms with E-state index >= 15 is 0 Å². The number of nitrogens with two attached hydrogens (primary N) is 1. The third-order valence-electron chi connectivity index (χ3n) is 3.68. The molecule has 1 aromatic rings. The molecular weight excluding hydrogens is 367 g/mol. The molecule has 1 atom stereocenters. The number of ether oxygens (including phenoxy) is 2. The number of likely N-dealkylation sites (tertiary alicyclic amines) is 1. The normalized spacial score (nSPS) is 17.0. The second-order valence-electron chi connectivity index (χ2n) is 7.20. The summed E-state index contributed by atoms with van der Waals surface area (Å²) >= 11 is 0. The lowest BCUT2D eigenvalue weighted by molar-refractivity contribution is 0.0275. The van der Waals surface area contributed by atoms with Crippen molar-refractivity contribution in [2.24, 2.45) is 10.8 Å². The Hall–Kier alpha value is -3.35. The average molecular weight is 390 g/mol. The molecule has 150 valence electrons. The molecule has 1 fully saturated rings. The molecule has 0 aromatic heterocycles. The molecule has 0 radical (unpaired) electrons. The van der Waals surface area contributed by atoms with Crippen molar-refractivity contribution in [3.8, 4) is 11.8 Å². The Balaban J connectivity index is 1.96. The van der Waals surface area contributed by atoms with Gasteiger partial charge in [0.2, 0.25) is 5.71 Å². The van der Waals surface area contributed by atoms with Crippen molar-refractivity contribution in [3.63, 3.8) is 0 Å². The molecule has 1 saturated heterocycles. The largest absolute Gasteiger partial charge is 0.485 e. The van der Waals surface area contributed by atoms with Crippen molar-refractivity contribution in [1.29, 1.82) is 10.7 Å². The van der Waals surface area contributed by atoms with Crippen molar-refractivity contribution >= 4 is 23.3 Å². The molecule has 1 aromatic carbocycles. The minimum Gasteiger partial charge on any atom is -0.485 e. The highest BCUT2D eigenvalue weighted by Crippen LogP contribution is 2.25. The van der Waals surface area contributed by atoms with Gasteiger partial charge in [-0.25, -0.2) is 9.18 Å². The molecule has 2 rings (SSSR count). The summed E-state index contributed by atoms with van der Waals surface area (Å²) in [6.07, 6.45) is -0.204. The van der Waals surface area contributed by atoms with E-state index in [-0.39, 0.29) is 23.3 Å². The van der Waals surface area contributed by atoms with Crippen molar-refractivity contribution < 1.29 is 18.7 Å². The van der Waals surface area contributed by atoms with Gasteiger partial charge in [0.05, 0.1) is 12.2 Å². The molecular formula is C18H23FN6O3. The summed E-state index contributed by atoms with van der Waals surface area (Å²) in [7, 11) is 0. The summed E-state index contributed by atoms with van der Waals surface area (Å²) in [4.78, 5) is 13.6. The molecule has 1 amide bonds. The summed E-state index contributed by atoms with van der Waals surface area (Å²) in [5, 5.41) is 19.6. The van der Waals surface area contributed by atoms with Crippen LogP contribution in [0.15, 0.2) is 23.3 Å². The Kier molecular flexibility index (Phi) is 6.41.